The molecule has 1 aliphatic heterocycles. The third kappa shape index (κ3) is 4.70. The predicted molar refractivity (Wildman–Crippen MR) is 97.8 cm³/mol. The second-order valence-electron chi connectivity index (χ2n) is 6.17. The van der Waals surface area contributed by atoms with E-state index in [0.717, 1.165) is 30.9 Å². The number of carbonyl (C=O) groups excluding carboxylic acids is 1. The summed E-state index contributed by atoms with van der Waals surface area (Å²) in [4.78, 5) is 14.7. The number of nitrogens with one attached hydrogen (secondary N) is 1. The van der Waals surface area contributed by atoms with E-state index < -0.39 is 10.0 Å². The molecule has 134 valence electrons. The molecule has 2 rings (SSSR count). The molecule has 1 saturated heterocycles. The number of amides is 1. The van der Waals surface area contributed by atoms with Crippen molar-refractivity contribution in [1.82, 2.24) is 4.31 Å². The molecule has 7 heteroatoms. The molecule has 1 aromatic rings. The van der Waals surface area contributed by atoms with E-state index in [0.29, 0.717) is 13.0 Å². The smallest absolute Gasteiger partial charge is 0.228 e. The normalized spacial score (nSPS) is 19.0. The Balaban J connectivity index is 1.99. The van der Waals surface area contributed by atoms with Crippen LogP contribution in [0.3, 0.4) is 0 Å². The van der Waals surface area contributed by atoms with Gasteiger partial charge in [0.15, 0.2) is 0 Å². The van der Waals surface area contributed by atoms with Crippen LogP contribution in [-0.4, -0.2) is 51.1 Å². The summed E-state index contributed by atoms with van der Waals surface area (Å²) < 4.78 is 24.7. The molecule has 0 aromatic heterocycles. The lowest BCUT2D eigenvalue weighted by Crippen LogP contribution is -2.43. The van der Waals surface area contributed by atoms with E-state index in [2.05, 4.69) is 24.1 Å². The van der Waals surface area contributed by atoms with Crippen molar-refractivity contribution in [2.75, 3.05) is 42.7 Å². The number of anilines is 2. The number of rotatable bonds is 6. The highest BCUT2D eigenvalue weighted by atomic mass is 32.2. The second-order valence-corrected chi connectivity index (χ2v) is 8.15. The fourth-order valence-corrected chi connectivity index (χ4v) is 3.96. The Morgan fingerprint density at radius 1 is 1.25 bits per heavy atom. The van der Waals surface area contributed by atoms with E-state index in [1.165, 1.54) is 10.6 Å². The van der Waals surface area contributed by atoms with Gasteiger partial charge in [-0.15, -0.1) is 0 Å². The number of nitrogens with zero attached hydrogens (tertiary/aromatic N) is 2. The third-order valence-corrected chi connectivity index (χ3v) is 5.76. The van der Waals surface area contributed by atoms with Gasteiger partial charge in [0.25, 0.3) is 0 Å². The third-order valence-electron chi connectivity index (χ3n) is 4.49. The molecule has 0 bridgehead atoms. The van der Waals surface area contributed by atoms with Gasteiger partial charge in [-0.1, -0.05) is 0 Å². The number of hydrogen-bond acceptors (Lipinski definition) is 4. The molecule has 1 aromatic carbocycles. The minimum atomic E-state index is -3.24. The predicted octanol–water partition coefficient (Wildman–Crippen LogP) is 2.14. The molecule has 0 radical (unpaired) electrons. The van der Waals surface area contributed by atoms with Crippen LogP contribution in [0.25, 0.3) is 0 Å². The van der Waals surface area contributed by atoms with Crippen LogP contribution in [0.1, 0.15) is 26.7 Å². The summed E-state index contributed by atoms with van der Waals surface area (Å²) in [6.07, 6.45) is 2.63. The highest BCUT2D eigenvalue weighted by Crippen LogP contribution is 2.22. The molecule has 1 heterocycles. The molecule has 1 aliphatic rings. The first-order valence-corrected chi connectivity index (χ1v) is 10.3. The SMILES string of the molecule is CCN(CC)c1ccc(NC(=O)[C@@H]2CCCN(S(C)(=O)=O)C2)cc1. The Hall–Kier alpha value is -1.60. The molecule has 1 atom stereocenters. The van der Waals surface area contributed by atoms with E-state index in [1.807, 2.05) is 24.3 Å². The number of carbonyl (C=O) groups is 1. The lowest BCUT2D eigenvalue weighted by atomic mass is 9.98. The number of piperidine rings is 1. The Labute approximate surface area is 144 Å². The Morgan fingerprint density at radius 3 is 2.42 bits per heavy atom. The van der Waals surface area contributed by atoms with Gasteiger partial charge >= 0.3 is 0 Å². The molecule has 1 N–H and O–H groups in total. The summed E-state index contributed by atoms with van der Waals surface area (Å²) in [5, 5.41) is 2.91. The molecule has 0 saturated carbocycles. The number of benzene rings is 1. The lowest BCUT2D eigenvalue weighted by molar-refractivity contribution is -0.120. The van der Waals surface area contributed by atoms with Crippen LogP contribution in [0.5, 0.6) is 0 Å². The summed E-state index contributed by atoms with van der Waals surface area (Å²) in [5.41, 5.74) is 1.87. The molecule has 0 aliphatic carbocycles. The minimum absolute atomic E-state index is 0.112. The van der Waals surface area contributed by atoms with Crippen LogP contribution in [0.4, 0.5) is 11.4 Å². The monoisotopic (exact) mass is 353 g/mol. The molecule has 24 heavy (non-hydrogen) atoms. The van der Waals surface area contributed by atoms with Crippen molar-refractivity contribution < 1.29 is 13.2 Å². The van der Waals surface area contributed by atoms with Gasteiger partial charge in [-0.25, -0.2) is 12.7 Å². The summed E-state index contributed by atoms with van der Waals surface area (Å²) in [7, 11) is -3.24. The Kier molecular flexibility index (Phi) is 6.23. The average molecular weight is 353 g/mol. The van der Waals surface area contributed by atoms with Crippen molar-refractivity contribution >= 4 is 27.3 Å². The first-order chi connectivity index (χ1) is 11.3. The summed E-state index contributed by atoms with van der Waals surface area (Å²) >= 11 is 0. The van der Waals surface area contributed by atoms with E-state index in [9.17, 15) is 13.2 Å². The fraction of sp³-hybridized carbons (Fsp3) is 0.588. The molecule has 0 spiro atoms. The zero-order chi connectivity index (χ0) is 17.7. The molecular weight excluding hydrogens is 326 g/mol. The van der Waals surface area contributed by atoms with Crippen LogP contribution in [0.15, 0.2) is 24.3 Å². The maximum absolute atomic E-state index is 12.4. The summed E-state index contributed by atoms with van der Waals surface area (Å²) in [6, 6.07) is 7.77. The molecular formula is C17H27N3O3S. The van der Waals surface area contributed by atoms with Gasteiger partial charge < -0.3 is 10.2 Å². The first kappa shape index (κ1) is 18.7. The highest BCUT2D eigenvalue weighted by Gasteiger charge is 2.30. The van der Waals surface area contributed by atoms with Gasteiger partial charge in [-0.2, -0.15) is 0 Å². The maximum Gasteiger partial charge on any atom is 0.228 e. The topological polar surface area (TPSA) is 69.7 Å². The van der Waals surface area contributed by atoms with Crippen molar-refractivity contribution in [1.29, 1.82) is 0 Å². The van der Waals surface area contributed by atoms with Crippen LogP contribution < -0.4 is 10.2 Å². The summed E-state index contributed by atoms with van der Waals surface area (Å²) in [6.45, 7) is 6.85. The molecule has 1 fully saturated rings. The van der Waals surface area contributed by atoms with Gasteiger partial charge in [0.2, 0.25) is 15.9 Å². The van der Waals surface area contributed by atoms with Gasteiger partial charge in [0.05, 0.1) is 12.2 Å². The maximum atomic E-state index is 12.4. The molecule has 1 amide bonds. The first-order valence-electron chi connectivity index (χ1n) is 8.46. The minimum Gasteiger partial charge on any atom is -0.372 e. The van der Waals surface area contributed by atoms with E-state index >= 15 is 0 Å². The zero-order valence-electron chi connectivity index (χ0n) is 14.7. The van der Waals surface area contributed by atoms with Crippen LogP contribution >= 0.6 is 0 Å². The lowest BCUT2D eigenvalue weighted by Gasteiger charge is -2.30. The second kappa shape index (κ2) is 7.98. The zero-order valence-corrected chi connectivity index (χ0v) is 15.5. The van der Waals surface area contributed by atoms with Crippen LogP contribution in [0, 0.1) is 5.92 Å². The average Bonchev–Trinajstić information content (AvgIpc) is 2.57. The Morgan fingerprint density at radius 2 is 1.88 bits per heavy atom. The highest BCUT2D eigenvalue weighted by molar-refractivity contribution is 7.88. The van der Waals surface area contributed by atoms with Gasteiger partial charge in [0.1, 0.15) is 0 Å². The number of sulfonamides is 1. The van der Waals surface area contributed by atoms with Gasteiger partial charge in [-0.3, -0.25) is 4.79 Å². The van der Waals surface area contributed by atoms with E-state index in [4.69, 9.17) is 0 Å². The summed E-state index contributed by atoms with van der Waals surface area (Å²) in [5.74, 6) is -0.408. The van der Waals surface area contributed by atoms with Crippen molar-refractivity contribution in [2.24, 2.45) is 5.92 Å². The quantitative estimate of drug-likeness (QED) is 0.851. The van der Waals surface area contributed by atoms with E-state index in [1.54, 1.807) is 0 Å². The van der Waals surface area contributed by atoms with E-state index in [-0.39, 0.29) is 18.4 Å². The number of hydrogen-bond donors (Lipinski definition) is 1. The van der Waals surface area contributed by atoms with Crippen molar-refractivity contribution in [2.45, 2.75) is 26.7 Å². The largest absolute Gasteiger partial charge is 0.372 e. The fourth-order valence-electron chi connectivity index (χ4n) is 3.05. The molecule has 6 nitrogen and oxygen atoms in total. The molecule has 0 unspecified atom stereocenters. The van der Waals surface area contributed by atoms with Gasteiger partial charge in [0, 0.05) is 37.6 Å². The Bertz CT molecular complexity index is 654. The van der Waals surface area contributed by atoms with Crippen molar-refractivity contribution in [3.8, 4) is 0 Å². The van der Waals surface area contributed by atoms with Crippen molar-refractivity contribution in [3.63, 3.8) is 0 Å². The van der Waals surface area contributed by atoms with Crippen LogP contribution in [-0.2, 0) is 14.8 Å². The van der Waals surface area contributed by atoms with Crippen LogP contribution in [0.2, 0.25) is 0 Å². The van der Waals surface area contributed by atoms with Gasteiger partial charge in [-0.05, 0) is 51.0 Å². The van der Waals surface area contributed by atoms with Crippen molar-refractivity contribution in [3.05, 3.63) is 24.3 Å². The standard InChI is InChI=1S/C17H27N3O3S/c1-4-19(5-2)16-10-8-15(9-11-16)18-17(21)14-7-6-12-20(13-14)24(3,22)23/h8-11,14H,4-7,12-13H2,1-3H3,(H,18,21)/t14-/m1/s1.